The number of nitrogens with zero attached hydrogens (tertiary/aromatic N) is 5. The fraction of sp³-hybridized carbons (Fsp3) is 0.200. The molecule has 0 aliphatic carbocycles. The second kappa shape index (κ2) is 7.17. The van der Waals surface area contributed by atoms with E-state index in [-0.39, 0.29) is 0 Å². The third kappa shape index (κ3) is 3.28. The fourth-order valence-electron chi connectivity index (χ4n) is 3.02. The van der Waals surface area contributed by atoms with Gasteiger partial charge in [0.1, 0.15) is 10.7 Å². The number of imidazole rings is 1. The molecule has 6 heteroatoms. The summed E-state index contributed by atoms with van der Waals surface area (Å²) in [7, 11) is 0. The molecule has 26 heavy (non-hydrogen) atoms. The maximum atomic E-state index is 4.73. The standard InChI is InChI=1S/C20H19N5S/c1-14(2)19-18(15-6-4-3-5-7-15)23-13-25(19)11-16-12-26-20(24-16)17-10-21-8-9-22-17/h3-10,12-14H,11H2,1-2H3. The summed E-state index contributed by atoms with van der Waals surface area (Å²) in [6, 6.07) is 10.3. The molecule has 0 radical (unpaired) electrons. The lowest BCUT2D eigenvalue weighted by Crippen LogP contribution is -2.06. The Labute approximate surface area is 156 Å². The maximum Gasteiger partial charge on any atom is 0.143 e. The first kappa shape index (κ1) is 16.6. The SMILES string of the molecule is CC(C)c1c(-c2ccccc2)ncn1Cc1csc(-c2cnccn2)n1. The van der Waals surface area contributed by atoms with E-state index in [1.54, 1.807) is 29.9 Å². The molecule has 3 aromatic heterocycles. The van der Waals surface area contributed by atoms with Gasteiger partial charge in [-0.3, -0.25) is 9.97 Å². The predicted octanol–water partition coefficient (Wildman–Crippen LogP) is 4.64. The van der Waals surface area contributed by atoms with E-state index in [4.69, 9.17) is 4.98 Å². The number of rotatable bonds is 5. The molecule has 0 N–H and O–H groups in total. The first-order chi connectivity index (χ1) is 12.7. The number of aromatic nitrogens is 5. The molecule has 0 aliphatic heterocycles. The van der Waals surface area contributed by atoms with Crippen LogP contribution in [0.1, 0.15) is 31.2 Å². The van der Waals surface area contributed by atoms with Crippen molar-refractivity contribution in [1.82, 2.24) is 24.5 Å². The predicted molar refractivity (Wildman–Crippen MR) is 104 cm³/mol. The van der Waals surface area contributed by atoms with E-state index < -0.39 is 0 Å². The molecular formula is C20H19N5S. The van der Waals surface area contributed by atoms with Crippen LogP contribution in [-0.4, -0.2) is 24.5 Å². The van der Waals surface area contributed by atoms with Gasteiger partial charge >= 0.3 is 0 Å². The lowest BCUT2D eigenvalue weighted by molar-refractivity contribution is 0.685. The Hall–Kier alpha value is -2.86. The molecule has 0 amide bonds. The van der Waals surface area contributed by atoms with E-state index in [0.717, 1.165) is 27.7 Å². The Morgan fingerprint density at radius 1 is 1.08 bits per heavy atom. The van der Waals surface area contributed by atoms with Crippen molar-refractivity contribution < 1.29 is 0 Å². The van der Waals surface area contributed by atoms with E-state index in [0.29, 0.717) is 12.5 Å². The molecule has 0 atom stereocenters. The van der Waals surface area contributed by atoms with Gasteiger partial charge in [0.05, 0.1) is 30.5 Å². The zero-order valence-electron chi connectivity index (χ0n) is 14.7. The summed E-state index contributed by atoms with van der Waals surface area (Å²) in [6.45, 7) is 5.10. The molecule has 1 aromatic carbocycles. The van der Waals surface area contributed by atoms with Crippen LogP contribution in [0.2, 0.25) is 0 Å². The average molecular weight is 361 g/mol. The van der Waals surface area contributed by atoms with Crippen molar-refractivity contribution in [1.29, 1.82) is 0 Å². The third-order valence-corrected chi connectivity index (χ3v) is 5.05. The van der Waals surface area contributed by atoms with Crippen LogP contribution < -0.4 is 0 Å². The van der Waals surface area contributed by atoms with E-state index >= 15 is 0 Å². The minimum Gasteiger partial charge on any atom is -0.328 e. The smallest absolute Gasteiger partial charge is 0.143 e. The molecule has 4 aromatic rings. The van der Waals surface area contributed by atoms with Crippen LogP contribution in [0.3, 0.4) is 0 Å². The summed E-state index contributed by atoms with van der Waals surface area (Å²) in [6.07, 6.45) is 7.02. The number of hydrogen-bond acceptors (Lipinski definition) is 5. The maximum absolute atomic E-state index is 4.73. The van der Waals surface area contributed by atoms with Gasteiger partial charge in [0, 0.05) is 29.0 Å². The first-order valence-corrected chi connectivity index (χ1v) is 9.41. The molecule has 0 aliphatic rings. The zero-order valence-corrected chi connectivity index (χ0v) is 15.5. The molecule has 0 saturated heterocycles. The van der Waals surface area contributed by atoms with Crippen molar-refractivity contribution >= 4 is 11.3 Å². The van der Waals surface area contributed by atoms with Gasteiger partial charge in [-0.1, -0.05) is 44.2 Å². The van der Waals surface area contributed by atoms with Gasteiger partial charge in [-0.05, 0) is 5.92 Å². The third-order valence-electron chi connectivity index (χ3n) is 4.14. The van der Waals surface area contributed by atoms with Gasteiger partial charge in [0.25, 0.3) is 0 Å². The summed E-state index contributed by atoms with van der Waals surface area (Å²) in [5.74, 6) is 0.366. The average Bonchev–Trinajstić information content (AvgIpc) is 3.31. The minimum atomic E-state index is 0.366. The van der Waals surface area contributed by atoms with Gasteiger partial charge in [-0.15, -0.1) is 11.3 Å². The van der Waals surface area contributed by atoms with Crippen LogP contribution in [0, 0.1) is 0 Å². The van der Waals surface area contributed by atoms with Gasteiger partial charge in [-0.2, -0.15) is 0 Å². The Kier molecular flexibility index (Phi) is 4.58. The monoisotopic (exact) mass is 361 g/mol. The highest BCUT2D eigenvalue weighted by atomic mass is 32.1. The topological polar surface area (TPSA) is 56.5 Å². The van der Waals surface area contributed by atoms with Crippen molar-refractivity contribution in [3.63, 3.8) is 0 Å². The lowest BCUT2D eigenvalue weighted by atomic mass is 10.0. The lowest BCUT2D eigenvalue weighted by Gasteiger charge is -2.12. The molecule has 0 saturated carbocycles. The Balaban J connectivity index is 1.65. The molecule has 0 bridgehead atoms. The van der Waals surface area contributed by atoms with Crippen molar-refractivity contribution in [3.05, 3.63) is 72.0 Å². The molecular weight excluding hydrogens is 342 g/mol. The quantitative estimate of drug-likeness (QED) is 0.520. The number of benzene rings is 1. The van der Waals surface area contributed by atoms with Crippen molar-refractivity contribution in [3.8, 4) is 22.0 Å². The molecule has 0 spiro atoms. The van der Waals surface area contributed by atoms with Crippen LogP contribution in [0.4, 0.5) is 0 Å². The van der Waals surface area contributed by atoms with E-state index in [1.807, 2.05) is 24.5 Å². The first-order valence-electron chi connectivity index (χ1n) is 8.53. The molecule has 130 valence electrons. The van der Waals surface area contributed by atoms with Crippen molar-refractivity contribution in [2.45, 2.75) is 26.3 Å². The largest absolute Gasteiger partial charge is 0.328 e. The van der Waals surface area contributed by atoms with Gasteiger partial charge < -0.3 is 4.57 Å². The highest BCUT2D eigenvalue weighted by Gasteiger charge is 2.17. The minimum absolute atomic E-state index is 0.366. The summed E-state index contributed by atoms with van der Waals surface area (Å²) >= 11 is 1.59. The number of thiazole rings is 1. The van der Waals surface area contributed by atoms with Gasteiger partial charge in [0.2, 0.25) is 0 Å². The van der Waals surface area contributed by atoms with Crippen LogP contribution in [0.25, 0.3) is 22.0 Å². The fourth-order valence-corrected chi connectivity index (χ4v) is 3.79. The highest BCUT2D eigenvalue weighted by molar-refractivity contribution is 7.13. The zero-order chi connectivity index (χ0) is 17.9. The Bertz CT molecular complexity index is 989. The Morgan fingerprint density at radius 3 is 2.65 bits per heavy atom. The highest BCUT2D eigenvalue weighted by Crippen LogP contribution is 2.29. The summed E-state index contributed by atoms with van der Waals surface area (Å²) in [4.78, 5) is 17.9. The molecule has 5 nitrogen and oxygen atoms in total. The van der Waals surface area contributed by atoms with E-state index in [9.17, 15) is 0 Å². The van der Waals surface area contributed by atoms with Crippen molar-refractivity contribution in [2.24, 2.45) is 0 Å². The molecule has 3 heterocycles. The summed E-state index contributed by atoms with van der Waals surface area (Å²) in [5, 5.41) is 2.97. The van der Waals surface area contributed by atoms with E-state index in [2.05, 4.69) is 50.9 Å². The molecule has 0 unspecified atom stereocenters. The Morgan fingerprint density at radius 2 is 1.92 bits per heavy atom. The summed E-state index contributed by atoms with van der Waals surface area (Å²) < 4.78 is 2.20. The molecule has 0 fully saturated rings. The second-order valence-electron chi connectivity index (χ2n) is 6.36. The van der Waals surface area contributed by atoms with Crippen LogP contribution >= 0.6 is 11.3 Å². The van der Waals surface area contributed by atoms with Crippen LogP contribution in [-0.2, 0) is 6.54 Å². The number of hydrogen-bond donors (Lipinski definition) is 0. The normalized spacial score (nSPS) is 11.2. The van der Waals surface area contributed by atoms with Crippen molar-refractivity contribution in [2.75, 3.05) is 0 Å². The summed E-state index contributed by atoms with van der Waals surface area (Å²) in [5.41, 5.74) is 5.24. The molecule has 4 rings (SSSR count). The second-order valence-corrected chi connectivity index (χ2v) is 7.22. The van der Waals surface area contributed by atoms with Crippen LogP contribution in [0.5, 0.6) is 0 Å². The van der Waals surface area contributed by atoms with Gasteiger partial charge in [-0.25, -0.2) is 9.97 Å². The van der Waals surface area contributed by atoms with E-state index in [1.165, 1.54) is 5.69 Å². The van der Waals surface area contributed by atoms with Gasteiger partial charge in [0.15, 0.2) is 0 Å². The van der Waals surface area contributed by atoms with Crippen LogP contribution in [0.15, 0.2) is 60.6 Å².